The van der Waals surface area contributed by atoms with E-state index in [1.807, 2.05) is 62.4 Å². The van der Waals surface area contributed by atoms with Gasteiger partial charge in [-0.15, -0.1) is 0 Å². The molecular formula is C29H26FN3O3. The third-order valence-corrected chi connectivity index (χ3v) is 8.01. The van der Waals surface area contributed by atoms with Crippen molar-refractivity contribution in [1.82, 2.24) is 5.16 Å². The number of nitrogens with zero attached hydrogens (tertiary/aromatic N) is 2. The number of rotatable bonds is 5. The van der Waals surface area contributed by atoms with E-state index in [1.54, 1.807) is 17.0 Å². The quantitative estimate of drug-likeness (QED) is 0.398. The molecule has 2 heterocycles. The second kappa shape index (κ2) is 7.75. The molecule has 0 spiro atoms. The molecule has 4 aromatic rings. The largest absolute Gasteiger partial charge is 0.369 e. The van der Waals surface area contributed by atoms with Crippen molar-refractivity contribution in [2.45, 2.75) is 32.7 Å². The summed E-state index contributed by atoms with van der Waals surface area (Å²) >= 11 is 0. The van der Waals surface area contributed by atoms with Crippen LogP contribution in [0.1, 0.15) is 38.3 Å². The van der Waals surface area contributed by atoms with Gasteiger partial charge in [0, 0.05) is 28.6 Å². The standard InChI is InChI=1S/C29H26FN3O3/c1-28(2)25(29(14-15-29)26(31)34)24(18-6-4-3-5-7-18)33(27(28)35)20-12-13-21-22(16-20)36-32-23(21)17-8-10-19(30)11-9-17/h3-13,16,24-25H,14-15H2,1-2H3,(H2,31,34)/t24-,25-/m0/s1. The molecule has 2 N–H and O–H groups in total. The zero-order valence-corrected chi connectivity index (χ0v) is 20.1. The number of anilines is 1. The Labute approximate surface area is 207 Å². The SMILES string of the molecule is CC1(C)C(=O)N(c2ccc3c(-c4ccc(F)cc4)noc3c2)[C@@H](c2ccccc2)[C@@H]1C1(C(N)=O)CC1. The summed E-state index contributed by atoms with van der Waals surface area (Å²) in [5.41, 5.74) is 7.90. The molecule has 36 heavy (non-hydrogen) atoms. The zero-order chi connectivity index (χ0) is 25.2. The molecule has 0 unspecified atom stereocenters. The zero-order valence-electron chi connectivity index (χ0n) is 20.1. The van der Waals surface area contributed by atoms with Crippen LogP contribution in [0.3, 0.4) is 0 Å². The molecular weight excluding hydrogens is 457 g/mol. The number of halogens is 1. The molecule has 2 fully saturated rings. The van der Waals surface area contributed by atoms with E-state index in [4.69, 9.17) is 10.3 Å². The van der Waals surface area contributed by atoms with Crippen molar-refractivity contribution >= 4 is 28.5 Å². The molecule has 6 nitrogen and oxygen atoms in total. The highest BCUT2D eigenvalue weighted by molar-refractivity contribution is 6.04. The number of aromatic nitrogens is 1. The molecule has 182 valence electrons. The highest BCUT2D eigenvalue weighted by atomic mass is 19.1. The maximum Gasteiger partial charge on any atom is 0.233 e. The third kappa shape index (κ3) is 3.19. The van der Waals surface area contributed by atoms with Gasteiger partial charge in [0.25, 0.3) is 0 Å². The maximum absolute atomic E-state index is 14.0. The predicted octanol–water partition coefficient (Wildman–Crippen LogP) is 5.63. The van der Waals surface area contributed by atoms with E-state index in [2.05, 4.69) is 5.16 Å². The van der Waals surface area contributed by atoms with Crippen molar-refractivity contribution in [2.24, 2.45) is 22.5 Å². The molecule has 1 saturated heterocycles. The monoisotopic (exact) mass is 483 g/mol. The van der Waals surface area contributed by atoms with Crippen LogP contribution >= 0.6 is 0 Å². The van der Waals surface area contributed by atoms with Gasteiger partial charge in [0.1, 0.15) is 11.5 Å². The summed E-state index contributed by atoms with van der Waals surface area (Å²) in [6, 6.07) is 21.1. The molecule has 6 rings (SSSR count). The van der Waals surface area contributed by atoms with Crippen LogP contribution in [0.2, 0.25) is 0 Å². The topological polar surface area (TPSA) is 89.4 Å². The fraction of sp³-hybridized carbons (Fsp3) is 0.276. The van der Waals surface area contributed by atoms with Crippen LogP contribution in [0.5, 0.6) is 0 Å². The average Bonchev–Trinajstić information content (AvgIpc) is 3.51. The van der Waals surface area contributed by atoms with Crippen molar-refractivity contribution in [2.75, 3.05) is 4.90 Å². The Morgan fingerprint density at radius 1 is 1.06 bits per heavy atom. The Bertz CT molecular complexity index is 1490. The Balaban J connectivity index is 1.49. The lowest BCUT2D eigenvalue weighted by molar-refractivity contribution is -0.130. The minimum atomic E-state index is -0.804. The van der Waals surface area contributed by atoms with Gasteiger partial charge in [0.2, 0.25) is 11.8 Å². The number of amides is 2. The van der Waals surface area contributed by atoms with Gasteiger partial charge in [-0.1, -0.05) is 49.3 Å². The van der Waals surface area contributed by atoms with Gasteiger partial charge in [-0.05, 0) is 54.8 Å². The second-order valence-corrected chi connectivity index (χ2v) is 10.5. The number of carbonyl (C=O) groups is 2. The number of hydrogen-bond donors (Lipinski definition) is 1. The summed E-state index contributed by atoms with van der Waals surface area (Å²) in [5, 5.41) is 4.98. The van der Waals surface area contributed by atoms with Crippen LogP contribution in [-0.4, -0.2) is 17.0 Å². The molecule has 2 atom stereocenters. The van der Waals surface area contributed by atoms with Gasteiger partial charge in [0.15, 0.2) is 5.58 Å². The highest BCUT2D eigenvalue weighted by Gasteiger charge is 2.68. The fourth-order valence-corrected chi connectivity index (χ4v) is 6.11. The van der Waals surface area contributed by atoms with E-state index in [9.17, 15) is 14.0 Å². The first-order valence-corrected chi connectivity index (χ1v) is 12.1. The van der Waals surface area contributed by atoms with E-state index in [1.165, 1.54) is 12.1 Å². The highest BCUT2D eigenvalue weighted by Crippen LogP contribution is 2.66. The van der Waals surface area contributed by atoms with E-state index >= 15 is 0 Å². The third-order valence-electron chi connectivity index (χ3n) is 8.01. The minimum absolute atomic E-state index is 0.0634. The van der Waals surface area contributed by atoms with Crippen LogP contribution in [0.4, 0.5) is 10.1 Å². The molecule has 7 heteroatoms. The number of primary amides is 1. The molecule has 2 amide bonds. The summed E-state index contributed by atoms with van der Waals surface area (Å²) < 4.78 is 19.1. The first kappa shape index (κ1) is 22.5. The predicted molar refractivity (Wildman–Crippen MR) is 134 cm³/mol. The number of carbonyl (C=O) groups excluding carboxylic acids is 2. The van der Waals surface area contributed by atoms with Crippen LogP contribution in [-0.2, 0) is 9.59 Å². The Morgan fingerprint density at radius 2 is 1.75 bits per heavy atom. The lowest BCUT2D eigenvalue weighted by Crippen LogP contribution is -2.41. The summed E-state index contributed by atoms with van der Waals surface area (Å²) in [5.74, 6) is -1.01. The molecule has 1 aliphatic carbocycles. The van der Waals surface area contributed by atoms with Crippen LogP contribution < -0.4 is 10.6 Å². The van der Waals surface area contributed by atoms with Crippen molar-refractivity contribution in [3.8, 4) is 11.3 Å². The molecule has 1 aliphatic heterocycles. The van der Waals surface area contributed by atoms with Crippen LogP contribution in [0.15, 0.2) is 77.3 Å². The summed E-state index contributed by atoms with van der Waals surface area (Å²) in [6.07, 6.45) is 1.37. The van der Waals surface area contributed by atoms with Gasteiger partial charge in [-0.3, -0.25) is 9.59 Å². The van der Waals surface area contributed by atoms with E-state index < -0.39 is 10.8 Å². The van der Waals surface area contributed by atoms with Crippen molar-refractivity contribution in [3.05, 3.63) is 84.2 Å². The second-order valence-electron chi connectivity index (χ2n) is 10.5. The number of nitrogens with two attached hydrogens (primary N) is 1. The van der Waals surface area contributed by atoms with Crippen molar-refractivity contribution in [3.63, 3.8) is 0 Å². The Morgan fingerprint density at radius 3 is 2.39 bits per heavy atom. The maximum atomic E-state index is 14.0. The van der Waals surface area contributed by atoms with Crippen LogP contribution in [0, 0.1) is 22.6 Å². The van der Waals surface area contributed by atoms with Gasteiger partial charge >= 0.3 is 0 Å². The lowest BCUT2D eigenvalue weighted by Gasteiger charge is -2.35. The summed E-state index contributed by atoms with van der Waals surface area (Å²) in [4.78, 5) is 28.5. The fourth-order valence-electron chi connectivity index (χ4n) is 6.11. The first-order valence-electron chi connectivity index (χ1n) is 12.1. The first-order chi connectivity index (χ1) is 17.2. The summed E-state index contributed by atoms with van der Waals surface area (Å²) in [7, 11) is 0. The van der Waals surface area contributed by atoms with E-state index in [0.29, 0.717) is 29.8 Å². The van der Waals surface area contributed by atoms with Crippen LogP contribution in [0.25, 0.3) is 22.2 Å². The molecule has 3 aromatic carbocycles. The Hall–Kier alpha value is -4.00. The van der Waals surface area contributed by atoms with Gasteiger partial charge < -0.3 is 15.2 Å². The molecule has 0 bridgehead atoms. The molecule has 0 radical (unpaired) electrons. The number of benzene rings is 3. The van der Waals surface area contributed by atoms with Gasteiger partial charge in [-0.2, -0.15) is 0 Å². The lowest BCUT2D eigenvalue weighted by atomic mass is 9.67. The number of fused-ring (bicyclic) bond motifs is 1. The van der Waals surface area contributed by atoms with E-state index in [-0.39, 0.29) is 29.6 Å². The normalized spacial score (nSPS) is 22.2. The van der Waals surface area contributed by atoms with Gasteiger partial charge in [0.05, 0.1) is 16.9 Å². The molecule has 1 saturated carbocycles. The minimum Gasteiger partial charge on any atom is -0.369 e. The van der Waals surface area contributed by atoms with Gasteiger partial charge in [-0.25, -0.2) is 4.39 Å². The van der Waals surface area contributed by atoms with Crippen molar-refractivity contribution in [1.29, 1.82) is 0 Å². The van der Waals surface area contributed by atoms with E-state index in [0.717, 1.165) is 16.5 Å². The number of hydrogen-bond acceptors (Lipinski definition) is 4. The van der Waals surface area contributed by atoms with Crippen molar-refractivity contribution < 1.29 is 18.5 Å². The average molecular weight is 484 g/mol. The summed E-state index contributed by atoms with van der Waals surface area (Å²) in [6.45, 7) is 3.83. The molecule has 1 aromatic heterocycles. The Kier molecular flexibility index (Phi) is 4.84. The molecule has 2 aliphatic rings. The smallest absolute Gasteiger partial charge is 0.233 e.